The zero-order valence-corrected chi connectivity index (χ0v) is 16.9. The third-order valence-corrected chi connectivity index (χ3v) is 10.4. The molecule has 0 atom stereocenters. The summed E-state index contributed by atoms with van der Waals surface area (Å²) in [6.07, 6.45) is 2.09. The molecule has 3 nitrogen and oxygen atoms in total. The van der Waals surface area contributed by atoms with Crippen molar-refractivity contribution in [3.63, 3.8) is 0 Å². The Balaban J connectivity index is 1.94. The summed E-state index contributed by atoms with van der Waals surface area (Å²) in [7, 11) is 3.05. The van der Waals surface area contributed by atoms with Crippen LogP contribution in [0.15, 0.2) is 28.0 Å². The van der Waals surface area contributed by atoms with Gasteiger partial charge in [0.2, 0.25) is 0 Å². The number of aryl methyl sites for hydroxylation is 1. The highest BCUT2D eigenvalue weighted by atomic mass is 33.5. The minimum Gasteiger partial charge on any atom is -0.374 e. The van der Waals surface area contributed by atoms with Gasteiger partial charge in [0.25, 0.3) is 0 Å². The second kappa shape index (κ2) is 9.61. The van der Waals surface area contributed by atoms with Gasteiger partial charge >= 0.3 is 8.80 Å². The average molecular weight is 377 g/mol. The SMILES string of the molecule is CCO[Si](CCCc1ccc2cc1SSS2)(OCC)OCC. The molecule has 22 heavy (non-hydrogen) atoms. The highest BCUT2D eigenvalue weighted by Gasteiger charge is 2.39. The van der Waals surface area contributed by atoms with E-state index in [0.29, 0.717) is 19.8 Å². The van der Waals surface area contributed by atoms with Gasteiger partial charge in [-0.15, -0.1) is 0 Å². The van der Waals surface area contributed by atoms with Crippen molar-refractivity contribution in [3.05, 3.63) is 23.8 Å². The fraction of sp³-hybridized carbons (Fsp3) is 0.600. The van der Waals surface area contributed by atoms with Crippen molar-refractivity contribution in [3.8, 4) is 0 Å². The Morgan fingerprint density at radius 2 is 1.64 bits per heavy atom. The Morgan fingerprint density at radius 3 is 2.27 bits per heavy atom. The summed E-state index contributed by atoms with van der Waals surface area (Å²) in [5.41, 5.74) is 1.42. The minimum atomic E-state index is -2.49. The summed E-state index contributed by atoms with van der Waals surface area (Å²) in [6, 6.07) is 7.65. The van der Waals surface area contributed by atoms with Gasteiger partial charge < -0.3 is 13.3 Å². The van der Waals surface area contributed by atoms with Gasteiger partial charge in [0.05, 0.1) is 0 Å². The fourth-order valence-electron chi connectivity index (χ4n) is 2.46. The van der Waals surface area contributed by atoms with E-state index < -0.39 is 8.80 Å². The summed E-state index contributed by atoms with van der Waals surface area (Å²) in [5.74, 6) is 0. The molecule has 0 radical (unpaired) electrons. The molecule has 2 rings (SSSR count). The van der Waals surface area contributed by atoms with Crippen LogP contribution in [0.3, 0.4) is 0 Å². The Hall–Kier alpha value is 0.367. The molecule has 0 fully saturated rings. The topological polar surface area (TPSA) is 27.7 Å². The van der Waals surface area contributed by atoms with Crippen LogP contribution in [0.5, 0.6) is 0 Å². The molecule has 0 amide bonds. The maximum absolute atomic E-state index is 5.92. The lowest BCUT2D eigenvalue weighted by molar-refractivity contribution is 0.0708. The second-order valence-electron chi connectivity index (χ2n) is 4.84. The van der Waals surface area contributed by atoms with Gasteiger partial charge in [-0.25, -0.2) is 0 Å². The van der Waals surface area contributed by atoms with Crippen molar-refractivity contribution >= 4 is 40.2 Å². The molecule has 2 bridgehead atoms. The Bertz CT molecular complexity index is 456. The van der Waals surface area contributed by atoms with E-state index in [2.05, 4.69) is 18.2 Å². The monoisotopic (exact) mass is 376 g/mol. The van der Waals surface area contributed by atoms with E-state index in [0.717, 1.165) is 18.9 Å². The molecule has 0 aliphatic carbocycles. The predicted molar refractivity (Wildman–Crippen MR) is 99.5 cm³/mol. The summed E-state index contributed by atoms with van der Waals surface area (Å²) >= 11 is 0. The maximum Gasteiger partial charge on any atom is 0.500 e. The van der Waals surface area contributed by atoms with Gasteiger partial charge in [-0.3, -0.25) is 0 Å². The Morgan fingerprint density at radius 1 is 0.955 bits per heavy atom. The number of benzene rings is 1. The highest BCUT2D eigenvalue weighted by molar-refractivity contribution is 9.09. The van der Waals surface area contributed by atoms with Crippen LogP contribution in [0, 0.1) is 0 Å². The first kappa shape index (κ1) is 18.7. The van der Waals surface area contributed by atoms with Gasteiger partial charge in [0.15, 0.2) is 0 Å². The van der Waals surface area contributed by atoms with E-state index >= 15 is 0 Å². The highest BCUT2D eigenvalue weighted by Crippen LogP contribution is 2.51. The smallest absolute Gasteiger partial charge is 0.374 e. The van der Waals surface area contributed by atoms with Gasteiger partial charge in [-0.2, -0.15) is 0 Å². The van der Waals surface area contributed by atoms with Gasteiger partial charge in [0, 0.05) is 35.7 Å². The van der Waals surface area contributed by atoms with E-state index in [1.54, 1.807) is 0 Å². The van der Waals surface area contributed by atoms with Crippen LogP contribution in [0.4, 0.5) is 0 Å². The molecule has 0 aromatic heterocycles. The molecule has 0 spiro atoms. The molecular formula is C15H24O3S3Si. The summed E-state index contributed by atoms with van der Waals surface area (Å²) in [5, 5.41) is 0. The largest absolute Gasteiger partial charge is 0.500 e. The van der Waals surface area contributed by atoms with Gasteiger partial charge in [-0.05, 0) is 82.7 Å². The summed E-state index contributed by atoms with van der Waals surface area (Å²) < 4.78 is 17.8. The molecule has 1 aliphatic rings. The van der Waals surface area contributed by atoms with E-state index in [-0.39, 0.29) is 0 Å². The van der Waals surface area contributed by atoms with E-state index in [9.17, 15) is 0 Å². The zero-order valence-electron chi connectivity index (χ0n) is 13.4. The van der Waals surface area contributed by atoms with Crippen LogP contribution in [-0.4, -0.2) is 28.6 Å². The van der Waals surface area contributed by atoms with Crippen LogP contribution < -0.4 is 0 Å². The fourth-order valence-corrected chi connectivity index (χ4v) is 9.08. The van der Waals surface area contributed by atoms with Crippen molar-refractivity contribution in [2.75, 3.05) is 19.8 Å². The molecule has 0 saturated carbocycles. The molecule has 0 saturated heterocycles. The molecule has 124 valence electrons. The first-order chi connectivity index (χ1) is 10.7. The summed E-state index contributed by atoms with van der Waals surface area (Å²) in [6.45, 7) is 7.97. The standard InChI is InChI=1S/C15H24O3S3Si/c1-4-16-22(17-5-2,18-6-3)11-7-8-13-9-10-14-12-15(13)20-21-19-14/h9-10,12H,4-8,11H2,1-3H3. The van der Waals surface area contributed by atoms with Crippen molar-refractivity contribution in [2.24, 2.45) is 0 Å². The molecule has 1 heterocycles. The third kappa shape index (κ3) is 5.19. The number of rotatable bonds is 10. The lowest BCUT2D eigenvalue weighted by Crippen LogP contribution is -2.46. The predicted octanol–water partition coefficient (Wildman–Crippen LogP) is 5.43. The second-order valence-corrected chi connectivity index (χ2v) is 11.6. The van der Waals surface area contributed by atoms with E-state index in [4.69, 9.17) is 13.3 Å². The third-order valence-electron chi connectivity index (χ3n) is 3.31. The Kier molecular flexibility index (Phi) is 8.17. The molecule has 7 heteroatoms. The molecule has 0 N–H and O–H groups in total. The zero-order chi connectivity index (χ0) is 15.8. The Labute approximate surface area is 146 Å². The maximum atomic E-state index is 5.92. The van der Waals surface area contributed by atoms with Crippen LogP contribution >= 0.6 is 31.4 Å². The van der Waals surface area contributed by atoms with Gasteiger partial charge in [0.1, 0.15) is 0 Å². The molecule has 1 aromatic carbocycles. The van der Waals surface area contributed by atoms with E-state index in [1.807, 2.05) is 52.2 Å². The average Bonchev–Trinajstić information content (AvgIpc) is 2.51. The lowest BCUT2D eigenvalue weighted by Gasteiger charge is -2.28. The molecule has 0 unspecified atom stereocenters. The number of hydrogen-bond donors (Lipinski definition) is 0. The first-order valence-corrected chi connectivity index (χ1v) is 13.2. The number of fused-ring (bicyclic) bond motifs is 2. The van der Waals surface area contributed by atoms with Crippen molar-refractivity contribution in [2.45, 2.75) is 49.4 Å². The van der Waals surface area contributed by atoms with E-state index in [1.165, 1.54) is 15.4 Å². The normalized spacial score (nSPS) is 14.3. The van der Waals surface area contributed by atoms with Gasteiger partial charge in [-0.1, -0.05) is 6.07 Å². The van der Waals surface area contributed by atoms with Crippen molar-refractivity contribution in [1.29, 1.82) is 0 Å². The number of hydrogen-bond acceptors (Lipinski definition) is 6. The van der Waals surface area contributed by atoms with Crippen molar-refractivity contribution in [1.82, 2.24) is 0 Å². The molecule has 1 aliphatic heterocycles. The van der Waals surface area contributed by atoms with Crippen LogP contribution in [0.25, 0.3) is 0 Å². The lowest BCUT2D eigenvalue weighted by atomic mass is 10.1. The molecular weight excluding hydrogens is 352 g/mol. The summed E-state index contributed by atoms with van der Waals surface area (Å²) in [4.78, 5) is 2.75. The molecule has 1 aromatic rings. The quantitative estimate of drug-likeness (QED) is 0.399. The van der Waals surface area contributed by atoms with Crippen LogP contribution in [0.1, 0.15) is 32.8 Å². The van der Waals surface area contributed by atoms with Crippen LogP contribution in [0.2, 0.25) is 6.04 Å². The van der Waals surface area contributed by atoms with Crippen LogP contribution in [-0.2, 0) is 19.7 Å². The minimum absolute atomic E-state index is 0.649. The van der Waals surface area contributed by atoms with Crippen molar-refractivity contribution < 1.29 is 13.3 Å². The first-order valence-electron chi connectivity index (χ1n) is 7.79.